The molecule has 3 aromatic rings. The molecular weight excluding hydrogens is 399 g/mol. The van der Waals surface area contributed by atoms with Crippen molar-refractivity contribution in [2.75, 3.05) is 12.4 Å². The Hall–Kier alpha value is -2.65. The van der Waals surface area contributed by atoms with Gasteiger partial charge in [0.05, 0.1) is 12.4 Å². The number of hydrogen-bond donors (Lipinski definition) is 2. The highest BCUT2D eigenvalue weighted by molar-refractivity contribution is 8.02. The van der Waals surface area contributed by atoms with Crippen LogP contribution in [0.3, 0.4) is 0 Å². The first-order valence-corrected chi connectivity index (χ1v) is 10.2. The third kappa shape index (κ3) is 5.67. The molecule has 1 atom stereocenters. The van der Waals surface area contributed by atoms with Crippen LogP contribution in [0.5, 0.6) is 5.75 Å². The third-order valence-electron chi connectivity index (χ3n) is 3.77. The van der Waals surface area contributed by atoms with Gasteiger partial charge in [-0.05, 0) is 48.9 Å². The van der Waals surface area contributed by atoms with Crippen molar-refractivity contribution >= 4 is 39.8 Å². The molecule has 0 fully saturated rings. The number of anilines is 2. The van der Waals surface area contributed by atoms with E-state index in [1.807, 2.05) is 31.2 Å². The average Bonchev–Trinajstić information content (AvgIpc) is 3.14. The van der Waals surface area contributed by atoms with Crippen LogP contribution in [0.15, 0.2) is 52.9 Å². The highest BCUT2D eigenvalue weighted by Gasteiger charge is 2.17. The van der Waals surface area contributed by atoms with Gasteiger partial charge in [0, 0.05) is 12.2 Å². The number of hydrogen-bond acceptors (Lipinski definition) is 7. The van der Waals surface area contributed by atoms with Gasteiger partial charge < -0.3 is 15.4 Å². The minimum Gasteiger partial charge on any atom is -0.497 e. The summed E-state index contributed by atoms with van der Waals surface area (Å²) in [6, 6.07) is 13.5. The smallest absolute Gasteiger partial charge is 0.233 e. The molecule has 0 unspecified atom stereocenters. The van der Waals surface area contributed by atoms with Crippen molar-refractivity contribution in [3.63, 3.8) is 0 Å². The van der Waals surface area contributed by atoms with Crippen molar-refractivity contribution in [2.45, 2.75) is 23.1 Å². The van der Waals surface area contributed by atoms with E-state index in [2.05, 4.69) is 20.8 Å². The fraction of sp³-hybridized carbons (Fsp3) is 0.211. The summed E-state index contributed by atoms with van der Waals surface area (Å²) in [5.41, 5.74) is 1.72. The van der Waals surface area contributed by atoms with E-state index in [-0.39, 0.29) is 17.0 Å². The molecule has 1 heterocycles. The van der Waals surface area contributed by atoms with Crippen LogP contribution in [-0.4, -0.2) is 28.5 Å². The van der Waals surface area contributed by atoms with Gasteiger partial charge in [0.1, 0.15) is 11.6 Å². The van der Waals surface area contributed by atoms with Gasteiger partial charge in [-0.25, -0.2) is 4.39 Å². The van der Waals surface area contributed by atoms with E-state index in [0.29, 0.717) is 16.0 Å². The van der Waals surface area contributed by atoms with Gasteiger partial charge >= 0.3 is 0 Å². The number of methoxy groups -OCH3 is 1. The van der Waals surface area contributed by atoms with Crippen molar-refractivity contribution in [2.24, 2.45) is 0 Å². The number of halogens is 1. The minimum atomic E-state index is -0.331. The highest BCUT2D eigenvalue weighted by Crippen LogP contribution is 2.30. The Morgan fingerprint density at radius 2 is 1.89 bits per heavy atom. The molecule has 0 aliphatic heterocycles. The van der Waals surface area contributed by atoms with E-state index in [4.69, 9.17) is 4.74 Å². The number of nitrogens with zero attached hydrogens (tertiary/aromatic N) is 2. The predicted molar refractivity (Wildman–Crippen MR) is 110 cm³/mol. The number of amides is 1. The van der Waals surface area contributed by atoms with Gasteiger partial charge in [0.15, 0.2) is 4.34 Å². The van der Waals surface area contributed by atoms with Crippen molar-refractivity contribution < 1.29 is 13.9 Å². The van der Waals surface area contributed by atoms with E-state index in [0.717, 1.165) is 17.0 Å². The Morgan fingerprint density at radius 3 is 2.57 bits per heavy atom. The summed E-state index contributed by atoms with van der Waals surface area (Å²) < 4.78 is 18.7. The van der Waals surface area contributed by atoms with Gasteiger partial charge in [-0.1, -0.05) is 35.2 Å². The molecule has 0 saturated carbocycles. The zero-order valence-electron chi connectivity index (χ0n) is 15.3. The van der Waals surface area contributed by atoms with Crippen molar-refractivity contribution in [1.82, 2.24) is 15.5 Å². The number of carbonyl (C=O) groups excluding carboxylic acids is 1. The maximum Gasteiger partial charge on any atom is 0.233 e. The Labute approximate surface area is 170 Å². The summed E-state index contributed by atoms with van der Waals surface area (Å²) in [7, 11) is 1.62. The fourth-order valence-corrected chi connectivity index (χ4v) is 4.19. The highest BCUT2D eigenvalue weighted by atomic mass is 32.2. The second-order valence-corrected chi connectivity index (χ2v) is 8.40. The lowest BCUT2D eigenvalue weighted by atomic mass is 10.2. The van der Waals surface area contributed by atoms with Gasteiger partial charge in [-0.15, -0.1) is 10.2 Å². The molecule has 3 rings (SSSR count). The number of rotatable bonds is 8. The molecule has 0 spiro atoms. The molecular formula is C19H19FN4O2S2. The zero-order valence-corrected chi connectivity index (χ0v) is 16.9. The Kier molecular flexibility index (Phi) is 6.83. The quantitative estimate of drug-likeness (QED) is 0.533. The third-order valence-corrected chi connectivity index (χ3v) is 5.80. The molecule has 0 aliphatic carbocycles. The second kappa shape index (κ2) is 9.52. The maximum atomic E-state index is 12.9. The fourth-order valence-electron chi connectivity index (χ4n) is 2.25. The predicted octanol–water partition coefficient (Wildman–Crippen LogP) is 4.23. The largest absolute Gasteiger partial charge is 0.497 e. The van der Waals surface area contributed by atoms with E-state index in [1.54, 1.807) is 19.2 Å². The monoisotopic (exact) mass is 418 g/mol. The van der Waals surface area contributed by atoms with Crippen LogP contribution in [-0.2, 0) is 11.3 Å². The SMILES string of the molecule is COc1ccc(Nc2nnc(S[C@@H](C)C(=O)NCc3ccc(F)cc3)s2)cc1. The van der Waals surface area contributed by atoms with Gasteiger partial charge in [-0.2, -0.15) is 0 Å². The molecule has 0 aliphatic rings. The normalized spacial score (nSPS) is 11.7. The van der Waals surface area contributed by atoms with Crippen molar-refractivity contribution in [3.05, 3.63) is 59.9 Å². The van der Waals surface area contributed by atoms with E-state index >= 15 is 0 Å². The van der Waals surface area contributed by atoms with Crippen LogP contribution in [0.2, 0.25) is 0 Å². The summed E-state index contributed by atoms with van der Waals surface area (Å²) in [4.78, 5) is 12.3. The van der Waals surface area contributed by atoms with Crippen LogP contribution in [0, 0.1) is 5.82 Å². The molecule has 2 aromatic carbocycles. The van der Waals surface area contributed by atoms with E-state index in [9.17, 15) is 9.18 Å². The molecule has 2 N–H and O–H groups in total. The lowest BCUT2D eigenvalue weighted by molar-refractivity contribution is -0.120. The summed E-state index contributed by atoms with van der Waals surface area (Å²) in [6.07, 6.45) is 0. The molecule has 9 heteroatoms. The van der Waals surface area contributed by atoms with E-state index < -0.39 is 0 Å². The van der Waals surface area contributed by atoms with Crippen molar-refractivity contribution in [3.8, 4) is 5.75 Å². The average molecular weight is 419 g/mol. The molecule has 146 valence electrons. The number of ether oxygens (including phenoxy) is 1. The van der Waals surface area contributed by atoms with Gasteiger partial charge in [0.2, 0.25) is 11.0 Å². The van der Waals surface area contributed by atoms with Gasteiger partial charge in [-0.3, -0.25) is 4.79 Å². The first kappa shape index (κ1) is 20.1. The summed E-state index contributed by atoms with van der Waals surface area (Å²) in [6.45, 7) is 2.16. The lowest BCUT2D eigenvalue weighted by Crippen LogP contribution is -2.30. The number of benzene rings is 2. The number of thioether (sulfide) groups is 1. The van der Waals surface area contributed by atoms with Crippen LogP contribution in [0.25, 0.3) is 0 Å². The molecule has 28 heavy (non-hydrogen) atoms. The molecule has 0 radical (unpaired) electrons. The Bertz CT molecular complexity index is 916. The first-order valence-electron chi connectivity index (χ1n) is 8.47. The van der Waals surface area contributed by atoms with Crippen LogP contribution < -0.4 is 15.4 Å². The molecule has 0 saturated heterocycles. The second-order valence-electron chi connectivity index (χ2n) is 5.83. The van der Waals surface area contributed by atoms with Crippen molar-refractivity contribution in [1.29, 1.82) is 0 Å². The standard InChI is InChI=1S/C19H19FN4O2S2/c1-12(17(25)21-11-13-3-5-14(20)6-4-13)27-19-24-23-18(28-19)22-15-7-9-16(26-2)10-8-15/h3-10,12H,11H2,1-2H3,(H,21,25)(H,22,23)/t12-/m0/s1. The van der Waals surface area contributed by atoms with Crippen LogP contribution in [0.1, 0.15) is 12.5 Å². The zero-order chi connectivity index (χ0) is 19.9. The van der Waals surface area contributed by atoms with Gasteiger partial charge in [0.25, 0.3) is 0 Å². The van der Waals surface area contributed by atoms with Crippen LogP contribution >= 0.6 is 23.1 Å². The first-order chi connectivity index (χ1) is 13.5. The minimum absolute atomic E-state index is 0.116. The summed E-state index contributed by atoms with van der Waals surface area (Å²) >= 11 is 2.72. The summed E-state index contributed by atoms with van der Waals surface area (Å²) in [5, 5.41) is 14.6. The topological polar surface area (TPSA) is 76.1 Å². The maximum absolute atomic E-state index is 12.9. The lowest BCUT2D eigenvalue weighted by Gasteiger charge is -2.10. The van der Waals surface area contributed by atoms with E-state index in [1.165, 1.54) is 35.2 Å². The number of nitrogens with one attached hydrogen (secondary N) is 2. The summed E-state index contributed by atoms with van der Waals surface area (Å²) in [5.74, 6) is 0.364. The Morgan fingerprint density at radius 1 is 1.18 bits per heavy atom. The molecule has 1 aromatic heterocycles. The van der Waals surface area contributed by atoms with Crippen LogP contribution in [0.4, 0.5) is 15.2 Å². The molecule has 0 bridgehead atoms. The Balaban J connectivity index is 1.50. The number of aromatic nitrogens is 2. The number of carbonyl (C=O) groups is 1. The molecule has 1 amide bonds. The molecule has 6 nitrogen and oxygen atoms in total.